The summed E-state index contributed by atoms with van der Waals surface area (Å²) in [5, 5.41) is 0. The first-order chi connectivity index (χ1) is 6.27. The SMILES string of the molecule is CCOc1ccc(C#CF)cc1F. The summed E-state index contributed by atoms with van der Waals surface area (Å²) in [5.41, 5.74) is 0.295. The van der Waals surface area contributed by atoms with Crippen molar-refractivity contribution in [3.8, 4) is 17.8 Å². The second-order valence-electron chi connectivity index (χ2n) is 2.30. The molecule has 0 aliphatic rings. The van der Waals surface area contributed by atoms with Gasteiger partial charge in [-0.3, -0.25) is 0 Å². The number of ether oxygens (including phenoxy) is 1. The van der Waals surface area contributed by atoms with E-state index in [-0.39, 0.29) is 5.75 Å². The molecule has 1 nitrogen and oxygen atoms in total. The van der Waals surface area contributed by atoms with Gasteiger partial charge in [-0.25, -0.2) is 4.39 Å². The Labute approximate surface area is 75.3 Å². The molecule has 68 valence electrons. The first-order valence-corrected chi connectivity index (χ1v) is 3.82. The van der Waals surface area contributed by atoms with Crippen LogP contribution in [0, 0.1) is 17.9 Å². The molecule has 0 bridgehead atoms. The zero-order valence-electron chi connectivity index (χ0n) is 7.10. The van der Waals surface area contributed by atoms with Crippen molar-refractivity contribution in [3.63, 3.8) is 0 Å². The van der Waals surface area contributed by atoms with Gasteiger partial charge in [-0.1, -0.05) is 0 Å². The lowest BCUT2D eigenvalue weighted by Crippen LogP contribution is -1.94. The Balaban J connectivity index is 2.96. The molecule has 0 unspecified atom stereocenters. The number of benzene rings is 1. The van der Waals surface area contributed by atoms with Crippen molar-refractivity contribution >= 4 is 0 Å². The fourth-order valence-corrected chi connectivity index (χ4v) is 0.906. The molecule has 0 atom stereocenters. The zero-order chi connectivity index (χ0) is 9.68. The standard InChI is InChI=1S/C10H8F2O/c1-2-13-10-4-3-8(5-6-11)7-9(10)12/h3-4,7H,2H2,1H3. The largest absolute Gasteiger partial charge is 0.491 e. The van der Waals surface area contributed by atoms with Crippen molar-refractivity contribution in [2.75, 3.05) is 6.61 Å². The van der Waals surface area contributed by atoms with Gasteiger partial charge in [-0.2, -0.15) is 0 Å². The van der Waals surface area contributed by atoms with E-state index in [1.54, 1.807) is 6.92 Å². The van der Waals surface area contributed by atoms with Gasteiger partial charge in [0.1, 0.15) is 6.17 Å². The minimum atomic E-state index is -0.526. The van der Waals surface area contributed by atoms with E-state index in [0.717, 1.165) is 6.07 Å². The maximum absolute atomic E-state index is 13.0. The fraction of sp³-hybridized carbons (Fsp3) is 0.200. The molecule has 3 heteroatoms. The van der Waals surface area contributed by atoms with Crippen molar-refractivity contribution in [1.29, 1.82) is 0 Å². The van der Waals surface area contributed by atoms with E-state index >= 15 is 0 Å². The summed E-state index contributed by atoms with van der Waals surface area (Å²) >= 11 is 0. The van der Waals surface area contributed by atoms with Gasteiger partial charge in [-0.05, 0) is 31.0 Å². The number of halogens is 2. The lowest BCUT2D eigenvalue weighted by molar-refractivity contribution is 0.321. The molecule has 0 spiro atoms. The van der Waals surface area contributed by atoms with Crippen LogP contribution in [0.25, 0.3) is 0 Å². The van der Waals surface area contributed by atoms with Crippen molar-refractivity contribution in [1.82, 2.24) is 0 Å². The third-order valence-corrected chi connectivity index (χ3v) is 1.42. The normalized spacial score (nSPS) is 8.85. The summed E-state index contributed by atoms with van der Waals surface area (Å²) in [6.07, 6.45) is 1.21. The second-order valence-corrected chi connectivity index (χ2v) is 2.30. The molecule has 0 amide bonds. The lowest BCUT2D eigenvalue weighted by atomic mass is 10.2. The molecule has 13 heavy (non-hydrogen) atoms. The van der Waals surface area contributed by atoms with Gasteiger partial charge < -0.3 is 4.74 Å². The Bertz CT molecular complexity index is 350. The van der Waals surface area contributed by atoms with Crippen LogP contribution in [0.2, 0.25) is 0 Å². The smallest absolute Gasteiger partial charge is 0.166 e. The average Bonchev–Trinajstić information content (AvgIpc) is 2.10. The van der Waals surface area contributed by atoms with Crippen LogP contribution in [0.4, 0.5) is 8.78 Å². The van der Waals surface area contributed by atoms with Crippen molar-refractivity contribution in [3.05, 3.63) is 29.6 Å². The monoisotopic (exact) mass is 182 g/mol. The van der Waals surface area contributed by atoms with Crippen molar-refractivity contribution < 1.29 is 13.5 Å². The van der Waals surface area contributed by atoms with Gasteiger partial charge >= 0.3 is 0 Å². The van der Waals surface area contributed by atoms with Crippen molar-refractivity contribution in [2.45, 2.75) is 6.92 Å². The molecule has 0 aromatic heterocycles. The average molecular weight is 182 g/mol. The molecule has 1 aromatic carbocycles. The van der Waals surface area contributed by atoms with Gasteiger partial charge in [0.05, 0.1) is 6.61 Å². The highest BCUT2D eigenvalue weighted by atomic mass is 19.1. The topological polar surface area (TPSA) is 9.23 Å². The van der Waals surface area contributed by atoms with Crippen LogP contribution in [-0.2, 0) is 0 Å². The van der Waals surface area contributed by atoms with Crippen LogP contribution in [0.5, 0.6) is 5.75 Å². The first-order valence-electron chi connectivity index (χ1n) is 3.82. The molecule has 0 saturated heterocycles. The van der Waals surface area contributed by atoms with Gasteiger partial charge in [0, 0.05) is 5.56 Å². The van der Waals surface area contributed by atoms with Crippen LogP contribution < -0.4 is 4.74 Å². The first kappa shape index (κ1) is 9.53. The maximum Gasteiger partial charge on any atom is 0.166 e. The highest BCUT2D eigenvalue weighted by Crippen LogP contribution is 2.17. The summed E-state index contributed by atoms with van der Waals surface area (Å²) < 4.78 is 29.5. The van der Waals surface area contributed by atoms with Gasteiger partial charge in [0.2, 0.25) is 0 Å². The zero-order valence-corrected chi connectivity index (χ0v) is 7.10. The Kier molecular flexibility index (Phi) is 3.27. The van der Waals surface area contributed by atoms with E-state index < -0.39 is 5.82 Å². The van der Waals surface area contributed by atoms with E-state index in [9.17, 15) is 8.78 Å². The molecule has 0 aliphatic carbocycles. The van der Waals surface area contributed by atoms with Gasteiger partial charge in [0.25, 0.3) is 0 Å². The third kappa shape index (κ3) is 2.45. The number of rotatable bonds is 2. The summed E-state index contributed by atoms with van der Waals surface area (Å²) in [7, 11) is 0. The minimum absolute atomic E-state index is 0.159. The fourth-order valence-electron chi connectivity index (χ4n) is 0.906. The molecule has 0 fully saturated rings. The molecule has 1 rings (SSSR count). The quantitative estimate of drug-likeness (QED) is 0.638. The minimum Gasteiger partial charge on any atom is -0.491 e. The molecular weight excluding hydrogens is 174 g/mol. The van der Waals surface area contributed by atoms with Crippen LogP contribution in [0.1, 0.15) is 12.5 Å². The predicted molar refractivity (Wildman–Crippen MR) is 45.6 cm³/mol. The predicted octanol–water partition coefficient (Wildman–Crippen LogP) is 2.50. The van der Waals surface area contributed by atoms with Crippen LogP contribution in [0.3, 0.4) is 0 Å². The Morgan fingerprint density at radius 2 is 2.23 bits per heavy atom. The Hall–Kier alpha value is -1.56. The molecular formula is C10H8F2O. The molecule has 1 aromatic rings. The van der Waals surface area contributed by atoms with Crippen molar-refractivity contribution in [2.24, 2.45) is 0 Å². The highest BCUT2D eigenvalue weighted by Gasteiger charge is 2.02. The van der Waals surface area contributed by atoms with Gasteiger partial charge in [0.15, 0.2) is 11.6 Å². The molecule has 0 N–H and O–H groups in total. The van der Waals surface area contributed by atoms with E-state index in [1.165, 1.54) is 18.3 Å². The molecule has 0 radical (unpaired) electrons. The third-order valence-electron chi connectivity index (χ3n) is 1.42. The molecule has 0 aliphatic heterocycles. The summed E-state index contributed by atoms with van der Waals surface area (Å²) in [6, 6.07) is 4.07. The lowest BCUT2D eigenvalue weighted by Gasteiger charge is -2.03. The number of hydrogen-bond acceptors (Lipinski definition) is 1. The van der Waals surface area contributed by atoms with Crippen LogP contribution in [-0.4, -0.2) is 6.61 Å². The Morgan fingerprint density at radius 1 is 1.46 bits per heavy atom. The number of hydrogen-bond donors (Lipinski definition) is 0. The molecule has 0 heterocycles. The second kappa shape index (κ2) is 4.46. The summed E-state index contributed by atoms with van der Waals surface area (Å²) in [4.78, 5) is 0. The van der Waals surface area contributed by atoms with E-state index in [2.05, 4.69) is 5.92 Å². The maximum atomic E-state index is 13.0. The highest BCUT2D eigenvalue weighted by molar-refractivity contribution is 5.38. The summed E-state index contributed by atoms with van der Waals surface area (Å²) in [6.45, 7) is 2.15. The van der Waals surface area contributed by atoms with E-state index in [4.69, 9.17) is 4.74 Å². The van der Waals surface area contributed by atoms with E-state index in [0.29, 0.717) is 12.2 Å². The summed E-state index contributed by atoms with van der Waals surface area (Å²) in [5.74, 6) is 1.74. The van der Waals surface area contributed by atoms with Crippen LogP contribution >= 0.6 is 0 Å². The van der Waals surface area contributed by atoms with E-state index in [1.807, 2.05) is 0 Å². The van der Waals surface area contributed by atoms with Gasteiger partial charge in [-0.15, -0.1) is 4.39 Å². The molecule has 0 saturated carbocycles. The Morgan fingerprint density at radius 3 is 2.77 bits per heavy atom. The van der Waals surface area contributed by atoms with Crippen LogP contribution in [0.15, 0.2) is 18.2 Å².